The van der Waals surface area contributed by atoms with E-state index in [-0.39, 0.29) is 55.0 Å². The lowest BCUT2D eigenvalue weighted by Crippen LogP contribution is -2.50. The van der Waals surface area contributed by atoms with Crippen molar-refractivity contribution in [2.45, 2.75) is 44.9 Å². The van der Waals surface area contributed by atoms with Gasteiger partial charge >= 0.3 is 18.1 Å². The Morgan fingerprint density at radius 3 is 2.34 bits per heavy atom. The molecule has 1 aromatic heterocycles. The molecule has 0 spiro atoms. The first-order valence-corrected chi connectivity index (χ1v) is 14.3. The van der Waals surface area contributed by atoms with E-state index in [9.17, 15) is 32.3 Å². The quantitative estimate of drug-likeness (QED) is 0.134. The zero-order valence-corrected chi connectivity index (χ0v) is 24.3. The van der Waals surface area contributed by atoms with Gasteiger partial charge in [-0.1, -0.05) is 24.3 Å². The van der Waals surface area contributed by atoms with Crippen molar-refractivity contribution in [3.63, 3.8) is 0 Å². The summed E-state index contributed by atoms with van der Waals surface area (Å²) in [6.07, 6.45) is -4.47. The third-order valence-electron chi connectivity index (χ3n) is 6.72. The minimum atomic E-state index is -5.15. The lowest BCUT2D eigenvalue weighted by atomic mass is 10.0. The van der Waals surface area contributed by atoms with Gasteiger partial charge in [0.05, 0.1) is 13.0 Å². The lowest BCUT2D eigenvalue weighted by molar-refractivity contribution is -0.189. The van der Waals surface area contributed by atoms with Crippen LogP contribution in [-0.4, -0.2) is 59.9 Å². The van der Waals surface area contributed by atoms with E-state index >= 15 is 0 Å². The maximum atomic E-state index is 13.8. The molecule has 2 heterocycles. The molecule has 0 bridgehead atoms. The van der Waals surface area contributed by atoms with Gasteiger partial charge in [0.25, 0.3) is 5.91 Å². The summed E-state index contributed by atoms with van der Waals surface area (Å²) >= 11 is 1.49. The molecule has 14 heteroatoms. The molecule has 232 valence electrons. The SMILES string of the molecule is CCOC(=O)Cc1cc2c(s1)CCN(C(=O)[C@H](Cc1ccc(OC(=O)C(F)(F)F)cc1)NC(=O)c1ccc(C(=N)N)cc1)C2. The Bertz CT molecular complexity index is 1550. The molecule has 4 rings (SSSR count). The summed E-state index contributed by atoms with van der Waals surface area (Å²) in [5, 5.41) is 10.3. The van der Waals surface area contributed by atoms with Crippen LogP contribution in [0.3, 0.4) is 0 Å². The molecule has 0 unspecified atom stereocenters. The number of carbonyl (C=O) groups is 4. The number of nitrogen functional groups attached to an aromatic ring is 1. The van der Waals surface area contributed by atoms with E-state index in [1.807, 2.05) is 6.07 Å². The molecule has 0 radical (unpaired) electrons. The molecule has 3 aromatic rings. The second-order valence-electron chi connectivity index (χ2n) is 9.91. The van der Waals surface area contributed by atoms with Crippen molar-refractivity contribution in [1.29, 1.82) is 5.41 Å². The number of amidine groups is 1. The van der Waals surface area contributed by atoms with Gasteiger partial charge in [-0.25, -0.2) is 4.79 Å². The van der Waals surface area contributed by atoms with E-state index in [1.165, 1.54) is 59.9 Å². The van der Waals surface area contributed by atoms with Crippen LogP contribution in [0.4, 0.5) is 13.2 Å². The highest BCUT2D eigenvalue weighted by atomic mass is 32.1. The van der Waals surface area contributed by atoms with Gasteiger partial charge < -0.3 is 25.4 Å². The summed E-state index contributed by atoms with van der Waals surface area (Å²) in [4.78, 5) is 53.6. The molecule has 0 fully saturated rings. The van der Waals surface area contributed by atoms with E-state index in [0.717, 1.165) is 15.3 Å². The third-order valence-corrected chi connectivity index (χ3v) is 7.96. The molecule has 1 aliphatic rings. The van der Waals surface area contributed by atoms with E-state index < -0.39 is 24.1 Å². The number of halogens is 3. The van der Waals surface area contributed by atoms with E-state index in [2.05, 4.69) is 10.1 Å². The van der Waals surface area contributed by atoms with E-state index in [1.54, 1.807) is 11.8 Å². The van der Waals surface area contributed by atoms with Crippen LogP contribution in [0.1, 0.15) is 43.7 Å². The van der Waals surface area contributed by atoms with Gasteiger partial charge in [-0.15, -0.1) is 11.3 Å². The molecule has 2 amide bonds. The summed E-state index contributed by atoms with van der Waals surface area (Å²) in [6, 6.07) is 11.9. The Labute approximate surface area is 254 Å². The molecular formula is C30H29F3N4O6S. The van der Waals surface area contributed by atoms with Crippen LogP contribution in [0, 0.1) is 5.41 Å². The van der Waals surface area contributed by atoms with E-state index in [4.69, 9.17) is 15.9 Å². The Morgan fingerprint density at radius 1 is 1.07 bits per heavy atom. The van der Waals surface area contributed by atoms with Gasteiger partial charge in [0.1, 0.15) is 17.6 Å². The number of carbonyl (C=O) groups excluding carboxylic acids is 4. The molecule has 1 aliphatic heterocycles. The zero-order chi connectivity index (χ0) is 32.0. The van der Waals surface area contributed by atoms with Crippen molar-refractivity contribution < 1.29 is 41.8 Å². The van der Waals surface area contributed by atoms with Crippen LogP contribution in [0.5, 0.6) is 5.75 Å². The van der Waals surface area contributed by atoms with E-state index in [0.29, 0.717) is 24.1 Å². The molecule has 10 nitrogen and oxygen atoms in total. The van der Waals surface area contributed by atoms with Crippen molar-refractivity contribution in [2.75, 3.05) is 13.2 Å². The molecule has 2 aromatic carbocycles. The fraction of sp³-hybridized carbons (Fsp3) is 0.300. The van der Waals surface area contributed by atoms with Gasteiger partial charge in [-0.2, -0.15) is 13.2 Å². The Morgan fingerprint density at radius 2 is 1.73 bits per heavy atom. The normalized spacial score (nSPS) is 13.4. The van der Waals surface area contributed by atoms with Crippen molar-refractivity contribution >= 4 is 40.9 Å². The summed E-state index contributed by atoms with van der Waals surface area (Å²) < 4.78 is 47.1. The highest BCUT2D eigenvalue weighted by molar-refractivity contribution is 7.12. The fourth-order valence-electron chi connectivity index (χ4n) is 4.58. The minimum Gasteiger partial charge on any atom is -0.466 e. The average molecular weight is 631 g/mol. The number of benzene rings is 2. The second-order valence-corrected chi connectivity index (χ2v) is 11.1. The monoisotopic (exact) mass is 630 g/mol. The number of hydrogen-bond acceptors (Lipinski definition) is 8. The molecule has 0 saturated carbocycles. The smallest absolute Gasteiger partial charge is 0.466 e. The highest BCUT2D eigenvalue weighted by Crippen LogP contribution is 2.29. The molecule has 0 aliphatic carbocycles. The third kappa shape index (κ3) is 8.22. The first-order chi connectivity index (χ1) is 20.8. The number of fused-ring (bicyclic) bond motifs is 1. The number of amides is 2. The number of thiophene rings is 1. The van der Waals surface area contributed by atoms with Gasteiger partial charge in [-0.3, -0.25) is 19.8 Å². The number of nitrogens with two attached hydrogens (primary N) is 1. The average Bonchev–Trinajstić information content (AvgIpc) is 3.38. The van der Waals surface area contributed by atoms with Crippen LogP contribution >= 0.6 is 11.3 Å². The molecule has 4 N–H and O–H groups in total. The number of nitrogens with zero attached hydrogens (tertiary/aromatic N) is 1. The van der Waals surface area contributed by atoms with Gasteiger partial charge in [0.2, 0.25) is 5.91 Å². The van der Waals surface area contributed by atoms with Crippen LogP contribution in [0.25, 0.3) is 0 Å². The summed E-state index contributed by atoms with van der Waals surface area (Å²) in [5.74, 6) is -4.12. The van der Waals surface area contributed by atoms with Crippen molar-refractivity contribution in [3.05, 3.63) is 86.6 Å². The van der Waals surface area contributed by atoms with Crippen LogP contribution in [-0.2, 0) is 44.9 Å². The highest BCUT2D eigenvalue weighted by Gasteiger charge is 2.41. The Kier molecular flexibility index (Phi) is 10.0. The number of alkyl halides is 3. The Balaban J connectivity index is 1.52. The standard InChI is InChI=1S/C30H29F3N4O6S/c1-2-42-25(38)15-22-14-20-16-37(12-11-24(20)44-22)28(40)23(36-27(39)19-7-5-18(6-8-19)26(34)35)13-17-3-9-21(10-4-17)43-29(41)30(31,32)33/h3-10,14,23H,2,11-13,15-16H2,1H3,(H3,34,35)(H,36,39)/t23-/m0/s1. The van der Waals surface area contributed by atoms with Gasteiger partial charge in [0, 0.05) is 40.4 Å². The molecule has 1 atom stereocenters. The minimum absolute atomic E-state index is 0.00922. The maximum Gasteiger partial charge on any atom is 0.491 e. The number of ether oxygens (including phenoxy) is 2. The molecule has 0 saturated heterocycles. The van der Waals surface area contributed by atoms with Gasteiger partial charge in [-0.05, 0) is 54.8 Å². The summed E-state index contributed by atoms with van der Waals surface area (Å²) in [5.41, 5.74) is 7.52. The predicted octanol–water partition coefficient (Wildman–Crippen LogP) is 3.53. The van der Waals surface area contributed by atoms with Crippen LogP contribution < -0.4 is 15.8 Å². The van der Waals surface area contributed by atoms with Crippen LogP contribution in [0.15, 0.2) is 54.6 Å². The van der Waals surface area contributed by atoms with Crippen molar-refractivity contribution in [1.82, 2.24) is 10.2 Å². The van der Waals surface area contributed by atoms with Gasteiger partial charge in [0.15, 0.2) is 0 Å². The summed E-state index contributed by atoms with van der Waals surface area (Å²) in [6.45, 7) is 2.65. The summed E-state index contributed by atoms with van der Waals surface area (Å²) in [7, 11) is 0. The first-order valence-electron chi connectivity index (χ1n) is 13.5. The number of rotatable bonds is 10. The largest absolute Gasteiger partial charge is 0.491 e. The second kappa shape index (κ2) is 13.7. The van der Waals surface area contributed by atoms with Crippen LogP contribution in [0.2, 0.25) is 0 Å². The molecule has 44 heavy (non-hydrogen) atoms. The zero-order valence-electron chi connectivity index (χ0n) is 23.5. The van der Waals surface area contributed by atoms with Crippen molar-refractivity contribution in [3.8, 4) is 5.75 Å². The topological polar surface area (TPSA) is 152 Å². The predicted molar refractivity (Wildman–Crippen MR) is 154 cm³/mol. The Hall–Kier alpha value is -4.72. The van der Waals surface area contributed by atoms with Crippen molar-refractivity contribution in [2.24, 2.45) is 5.73 Å². The number of nitrogens with one attached hydrogen (secondary N) is 2. The lowest BCUT2D eigenvalue weighted by Gasteiger charge is -2.31. The fourth-order valence-corrected chi connectivity index (χ4v) is 5.74. The number of hydrogen-bond donors (Lipinski definition) is 3. The molecular weight excluding hydrogens is 601 g/mol. The number of esters is 2. The maximum absolute atomic E-state index is 13.8. The first kappa shape index (κ1) is 32.2.